The van der Waals surface area contributed by atoms with E-state index in [2.05, 4.69) is 5.43 Å². The van der Waals surface area contributed by atoms with E-state index in [0.29, 0.717) is 12.2 Å². The molecule has 3 N–H and O–H groups in total. The molecule has 0 aliphatic rings. The van der Waals surface area contributed by atoms with Crippen molar-refractivity contribution in [3.63, 3.8) is 0 Å². The Morgan fingerprint density at radius 3 is 2.64 bits per heavy atom. The molecule has 1 atom stereocenters. The SMILES string of the molecule is CCC(Oc1ccccc1)C(=O)NN. The molecule has 0 bridgehead atoms. The molecule has 0 aromatic heterocycles. The maximum Gasteiger partial charge on any atom is 0.274 e. The van der Waals surface area contributed by atoms with Crippen LogP contribution in [0.3, 0.4) is 0 Å². The first-order chi connectivity index (χ1) is 6.77. The van der Waals surface area contributed by atoms with Crippen LogP contribution in [0.4, 0.5) is 0 Å². The predicted octanol–water partition coefficient (Wildman–Crippen LogP) is 0.834. The van der Waals surface area contributed by atoms with Crippen LogP contribution in [0.25, 0.3) is 0 Å². The second-order valence-corrected chi connectivity index (χ2v) is 2.84. The highest BCUT2D eigenvalue weighted by Gasteiger charge is 2.16. The van der Waals surface area contributed by atoms with E-state index in [4.69, 9.17) is 10.6 Å². The van der Waals surface area contributed by atoms with E-state index in [1.54, 1.807) is 12.1 Å². The average molecular weight is 194 g/mol. The van der Waals surface area contributed by atoms with E-state index in [1.165, 1.54) is 0 Å². The molecule has 0 fully saturated rings. The third-order valence-electron chi connectivity index (χ3n) is 1.83. The molecular formula is C10H14N2O2. The lowest BCUT2D eigenvalue weighted by Crippen LogP contribution is -2.41. The van der Waals surface area contributed by atoms with Gasteiger partial charge in [-0.3, -0.25) is 10.2 Å². The molecular weight excluding hydrogens is 180 g/mol. The van der Waals surface area contributed by atoms with Gasteiger partial charge in [-0.1, -0.05) is 25.1 Å². The van der Waals surface area contributed by atoms with Crippen LogP contribution in [0.2, 0.25) is 0 Å². The number of nitrogens with one attached hydrogen (secondary N) is 1. The largest absolute Gasteiger partial charge is 0.481 e. The number of ether oxygens (including phenoxy) is 1. The number of carbonyl (C=O) groups excluding carboxylic acids is 1. The molecule has 1 rings (SSSR count). The summed E-state index contributed by atoms with van der Waals surface area (Å²) in [7, 11) is 0. The Kier molecular flexibility index (Phi) is 3.94. The molecule has 1 unspecified atom stereocenters. The van der Waals surface area contributed by atoms with E-state index in [1.807, 2.05) is 25.1 Å². The van der Waals surface area contributed by atoms with Gasteiger partial charge in [-0.05, 0) is 18.6 Å². The lowest BCUT2D eigenvalue weighted by Gasteiger charge is -2.15. The van der Waals surface area contributed by atoms with Crippen LogP contribution >= 0.6 is 0 Å². The molecule has 0 aliphatic carbocycles. The minimum Gasteiger partial charge on any atom is -0.481 e. The molecule has 1 amide bonds. The molecule has 0 saturated carbocycles. The summed E-state index contributed by atoms with van der Waals surface area (Å²) in [6.07, 6.45) is 0.0557. The number of carbonyl (C=O) groups is 1. The normalized spacial score (nSPS) is 11.9. The van der Waals surface area contributed by atoms with Crippen LogP contribution in [-0.4, -0.2) is 12.0 Å². The predicted molar refractivity (Wildman–Crippen MR) is 53.5 cm³/mol. The van der Waals surface area contributed by atoms with Crippen molar-refractivity contribution < 1.29 is 9.53 Å². The maximum atomic E-state index is 11.2. The molecule has 0 aliphatic heterocycles. The zero-order chi connectivity index (χ0) is 10.4. The molecule has 4 heteroatoms. The first-order valence-electron chi connectivity index (χ1n) is 4.50. The number of rotatable bonds is 4. The van der Waals surface area contributed by atoms with Gasteiger partial charge in [0.2, 0.25) is 0 Å². The molecule has 76 valence electrons. The number of hydrogen-bond acceptors (Lipinski definition) is 3. The lowest BCUT2D eigenvalue weighted by molar-refractivity contribution is -0.128. The number of para-hydroxylation sites is 1. The minimum atomic E-state index is -0.526. The zero-order valence-electron chi connectivity index (χ0n) is 8.07. The Labute approximate surface area is 83.0 Å². The summed E-state index contributed by atoms with van der Waals surface area (Å²) in [5.41, 5.74) is 2.07. The van der Waals surface area contributed by atoms with Gasteiger partial charge in [0.15, 0.2) is 6.10 Å². The van der Waals surface area contributed by atoms with E-state index in [0.717, 1.165) is 0 Å². The van der Waals surface area contributed by atoms with Crippen molar-refractivity contribution in [2.45, 2.75) is 19.4 Å². The zero-order valence-corrected chi connectivity index (χ0v) is 8.07. The van der Waals surface area contributed by atoms with E-state index in [9.17, 15) is 4.79 Å². The highest BCUT2D eigenvalue weighted by Crippen LogP contribution is 2.12. The topological polar surface area (TPSA) is 64.3 Å². The second kappa shape index (κ2) is 5.24. The van der Waals surface area contributed by atoms with Crippen molar-refractivity contribution in [3.05, 3.63) is 30.3 Å². The van der Waals surface area contributed by atoms with Gasteiger partial charge in [-0.25, -0.2) is 5.84 Å². The molecule has 14 heavy (non-hydrogen) atoms. The van der Waals surface area contributed by atoms with Gasteiger partial charge in [0.25, 0.3) is 5.91 Å². The van der Waals surface area contributed by atoms with Crippen molar-refractivity contribution in [3.8, 4) is 5.75 Å². The number of hydrogen-bond donors (Lipinski definition) is 2. The Morgan fingerprint density at radius 2 is 2.14 bits per heavy atom. The fourth-order valence-electron chi connectivity index (χ4n) is 1.08. The Balaban J connectivity index is 2.62. The van der Waals surface area contributed by atoms with Gasteiger partial charge in [0.05, 0.1) is 0 Å². The number of benzene rings is 1. The standard InChI is InChI=1S/C10H14N2O2/c1-2-9(10(13)12-11)14-8-6-4-3-5-7-8/h3-7,9H,2,11H2,1H3,(H,12,13). The third-order valence-corrected chi connectivity index (χ3v) is 1.83. The fourth-order valence-corrected chi connectivity index (χ4v) is 1.08. The molecule has 1 aromatic carbocycles. The molecule has 0 heterocycles. The smallest absolute Gasteiger partial charge is 0.274 e. The number of hydrazine groups is 1. The summed E-state index contributed by atoms with van der Waals surface area (Å²) < 4.78 is 5.42. The van der Waals surface area contributed by atoms with Crippen molar-refractivity contribution in [1.82, 2.24) is 5.43 Å². The van der Waals surface area contributed by atoms with E-state index in [-0.39, 0.29) is 5.91 Å². The summed E-state index contributed by atoms with van der Waals surface area (Å²) in [4.78, 5) is 11.2. The first kappa shape index (κ1) is 10.5. The van der Waals surface area contributed by atoms with Crippen LogP contribution < -0.4 is 16.0 Å². The monoisotopic (exact) mass is 194 g/mol. The second-order valence-electron chi connectivity index (χ2n) is 2.84. The summed E-state index contributed by atoms with van der Waals surface area (Å²) in [6, 6.07) is 9.18. The molecule has 0 spiro atoms. The van der Waals surface area contributed by atoms with Crippen LogP contribution in [0, 0.1) is 0 Å². The van der Waals surface area contributed by atoms with Crippen molar-refractivity contribution in [2.24, 2.45) is 5.84 Å². The van der Waals surface area contributed by atoms with Crippen molar-refractivity contribution >= 4 is 5.91 Å². The van der Waals surface area contributed by atoms with Crippen LogP contribution in [0.5, 0.6) is 5.75 Å². The molecule has 4 nitrogen and oxygen atoms in total. The van der Waals surface area contributed by atoms with Gasteiger partial charge in [-0.2, -0.15) is 0 Å². The Bertz CT molecular complexity index is 287. The Morgan fingerprint density at radius 1 is 1.50 bits per heavy atom. The number of amides is 1. The first-order valence-corrected chi connectivity index (χ1v) is 4.50. The minimum absolute atomic E-state index is 0.309. The van der Waals surface area contributed by atoms with Gasteiger partial charge in [0, 0.05) is 0 Å². The number of nitrogens with two attached hydrogens (primary N) is 1. The highest BCUT2D eigenvalue weighted by atomic mass is 16.5. The van der Waals surface area contributed by atoms with Crippen LogP contribution in [-0.2, 0) is 4.79 Å². The summed E-state index contributed by atoms with van der Waals surface area (Å²) >= 11 is 0. The van der Waals surface area contributed by atoms with E-state index < -0.39 is 6.10 Å². The fraction of sp³-hybridized carbons (Fsp3) is 0.300. The lowest BCUT2D eigenvalue weighted by atomic mass is 10.2. The van der Waals surface area contributed by atoms with Gasteiger partial charge >= 0.3 is 0 Å². The Hall–Kier alpha value is -1.55. The third kappa shape index (κ3) is 2.74. The summed E-state index contributed by atoms with van der Waals surface area (Å²) in [6.45, 7) is 1.86. The summed E-state index contributed by atoms with van der Waals surface area (Å²) in [5.74, 6) is 5.38. The van der Waals surface area contributed by atoms with Gasteiger partial charge in [-0.15, -0.1) is 0 Å². The van der Waals surface area contributed by atoms with Crippen molar-refractivity contribution in [1.29, 1.82) is 0 Å². The van der Waals surface area contributed by atoms with Crippen LogP contribution in [0.1, 0.15) is 13.3 Å². The highest BCUT2D eigenvalue weighted by molar-refractivity contribution is 5.80. The molecule has 1 aromatic rings. The molecule has 0 radical (unpaired) electrons. The van der Waals surface area contributed by atoms with E-state index >= 15 is 0 Å². The van der Waals surface area contributed by atoms with Crippen LogP contribution in [0.15, 0.2) is 30.3 Å². The quantitative estimate of drug-likeness (QED) is 0.424. The summed E-state index contributed by atoms with van der Waals surface area (Å²) in [5, 5.41) is 0. The molecule has 0 saturated heterocycles. The van der Waals surface area contributed by atoms with Crippen molar-refractivity contribution in [2.75, 3.05) is 0 Å². The van der Waals surface area contributed by atoms with Gasteiger partial charge < -0.3 is 4.74 Å². The maximum absolute atomic E-state index is 11.2. The average Bonchev–Trinajstić information content (AvgIpc) is 2.26. The van der Waals surface area contributed by atoms with Gasteiger partial charge in [0.1, 0.15) is 5.75 Å².